The van der Waals surface area contributed by atoms with Crippen LogP contribution in [-0.2, 0) is 23.9 Å². The molecule has 0 aromatic carbocycles. The van der Waals surface area contributed by atoms with Gasteiger partial charge in [0.15, 0.2) is 5.41 Å². The first-order valence-electron chi connectivity index (χ1n) is 5.12. The van der Waals surface area contributed by atoms with Gasteiger partial charge in [-0.3, -0.25) is 14.4 Å². The van der Waals surface area contributed by atoms with E-state index in [1.54, 1.807) is 0 Å². The monoisotopic (exact) mass is 274 g/mol. The summed E-state index contributed by atoms with van der Waals surface area (Å²) in [4.78, 5) is 34.8. The summed E-state index contributed by atoms with van der Waals surface area (Å²) in [5.74, 6) is 3.15. The highest BCUT2D eigenvalue weighted by Crippen LogP contribution is 2.30. The van der Waals surface area contributed by atoms with Crippen molar-refractivity contribution in [3.05, 3.63) is 0 Å². The number of ketones is 1. The zero-order valence-electron chi connectivity index (χ0n) is 10.5. The molecule has 0 atom stereocenters. The molecule has 0 N–H and O–H groups in total. The van der Waals surface area contributed by atoms with Crippen molar-refractivity contribution in [2.45, 2.75) is 19.8 Å². The lowest BCUT2D eigenvalue weighted by atomic mass is 9.80. The number of hydrogen-bond acceptors (Lipinski definition) is 5. The van der Waals surface area contributed by atoms with Gasteiger partial charge in [-0.2, -0.15) is 0 Å². The van der Waals surface area contributed by atoms with Gasteiger partial charge in [-0.25, -0.2) is 0 Å². The van der Waals surface area contributed by atoms with E-state index in [1.165, 1.54) is 6.92 Å². The number of halogens is 1. The van der Waals surface area contributed by atoms with Crippen molar-refractivity contribution in [1.82, 2.24) is 0 Å². The Balaban J connectivity index is 5.45. The van der Waals surface area contributed by atoms with Gasteiger partial charge in [-0.15, -0.1) is 17.5 Å². The maximum atomic E-state index is 11.8. The average Bonchev–Trinajstić information content (AvgIpc) is 2.35. The maximum Gasteiger partial charge on any atom is 0.324 e. The molecule has 0 saturated heterocycles. The highest BCUT2D eigenvalue weighted by Gasteiger charge is 2.48. The smallest absolute Gasteiger partial charge is 0.324 e. The van der Waals surface area contributed by atoms with Gasteiger partial charge in [0.1, 0.15) is 5.78 Å². The van der Waals surface area contributed by atoms with Crippen molar-refractivity contribution in [2.75, 3.05) is 20.1 Å². The molecule has 0 fully saturated rings. The zero-order chi connectivity index (χ0) is 14.2. The van der Waals surface area contributed by atoms with Crippen LogP contribution in [0.5, 0.6) is 0 Å². The normalized spacial score (nSPS) is 10.0. The van der Waals surface area contributed by atoms with Gasteiger partial charge in [0.05, 0.1) is 20.1 Å². The standard InChI is InChI=1S/C12H15ClO5/c1-9(14)8-12(10(15)17-2,11(16)18-3)6-4-5-7-13/h6-8H2,1-3H3. The number of rotatable bonds is 5. The summed E-state index contributed by atoms with van der Waals surface area (Å²) < 4.78 is 9.16. The van der Waals surface area contributed by atoms with E-state index in [2.05, 4.69) is 21.3 Å². The Morgan fingerprint density at radius 1 is 1.11 bits per heavy atom. The van der Waals surface area contributed by atoms with E-state index < -0.39 is 17.4 Å². The summed E-state index contributed by atoms with van der Waals surface area (Å²) in [6.45, 7) is 1.27. The number of hydrogen-bond donors (Lipinski definition) is 0. The molecule has 0 rings (SSSR count). The van der Waals surface area contributed by atoms with E-state index in [0.717, 1.165) is 14.2 Å². The molecule has 0 aromatic rings. The minimum Gasteiger partial charge on any atom is -0.468 e. The predicted molar refractivity (Wildman–Crippen MR) is 64.9 cm³/mol. The van der Waals surface area contributed by atoms with Crippen molar-refractivity contribution >= 4 is 29.3 Å². The van der Waals surface area contributed by atoms with E-state index in [-0.39, 0.29) is 24.5 Å². The molecule has 18 heavy (non-hydrogen) atoms. The Kier molecular flexibility index (Phi) is 7.06. The minimum absolute atomic E-state index is 0.0680. The molecule has 6 heteroatoms. The van der Waals surface area contributed by atoms with Crippen LogP contribution in [0.1, 0.15) is 19.8 Å². The van der Waals surface area contributed by atoms with Crippen LogP contribution in [0.25, 0.3) is 0 Å². The van der Waals surface area contributed by atoms with Crippen LogP contribution in [0.2, 0.25) is 0 Å². The lowest BCUT2D eigenvalue weighted by Gasteiger charge is -2.24. The number of Topliss-reactive ketones (excluding diaryl/α,β-unsaturated/α-hetero) is 1. The topological polar surface area (TPSA) is 69.7 Å². The Hall–Kier alpha value is -1.54. The fraction of sp³-hybridized carbons (Fsp3) is 0.583. The average molecular weight is 275 g/mol. The Morgan fingerprint density at radius 2 is 1.61 bits per heavy atom. The van der Waals surface area contributed by atoms with Crippen molar-refractivity contribution in [2.24, 2.45) is 5.41 Å². The van der Waals surface area contributed by atoms with Crippen molar-refractivity contribution < 1.29 is 23.9 Å². The molecule has 0 radical (unpaired) electrons. The Labute approximate surface area is 111 Å². The predicted octanol–water partition coefficient (Wildman–Crippen LogP) is 0.930. The van der Waals surface area contributed by atoms with Gasteiger partial charge in [0, 0.05) is 12.8 Å². The van der Waals surface area contributed by atoms with Crippen LogP contribution in [0, 0.1) is 17.3 Å². The van der Waals surface area contributed by atoms with Crippen LogP contribution in [0.4, 0.5) is 0 Å². The molecule has 0 aromatic heterocycles. The number of ether oxygens (including phenoxy) is 2. The first kappa shape index (κ1) is 16.5. The van der Waals surface area contributed by atoms with E-state index in [1.807, 2.05) is 0 Å². The van der Waals surface area contributed by atoms with E-state index in [0.29, 0.717) is 0 Å². The second kappa shape index (κ2) is 7.72. The summed E-state index contributed by atoms with van der Waals surface area (Å²) in [7, 11) is 2.27. The van der Waals surface area contributed by atoms with Gasteiger partial charge in [-0.1, -0.05) is 5.92 Å². The molecule has 0 saturated carbocycles. The molecule has 0 aliphatic heterocycles. The third kappa shape index (κ3) is 4.04. The van der Waals surface area contributed by atoms with Crippen molar-refractivity contribution in [3.8, 4) is 11.8 Å². The van der Waals surface area contributed by atoms with Gasteiger partial charge in [0.2, 0.25) is 0 Å². The number of methoxy groups -OCH3 is 2. The molecule has 0 aliphatic carbocycles. The molecular weight excluding hydrogens is 260 g/mol. The summed E-state index contributed by atoms with van der Waals surface area (Å²) in [5.41, 5.74) is -1.71. The fourth-order valence-corrected chi connectivity index (χ4v) is 1.61. The van der Waals surface area contributed by atoms with Crippen molar-refractivity contribution in [1.29, 1.82) is 0 Å². The van der Waals surface area contributed by atoms with E-state index in [4.69, 9.17) is 11.6 Å². The molecule has 0 aliphatic rings. The summed E-state index contributed by atoms with van der Waals surface area (Å²) in [5, 5.41) is 0. The minimum atomic E-state index is -1.71. The number of carbonyl (C=O) groups is 3. The van der Waals surface area contributed by atoms with Gasteiger partial charge in [0.25, 0.3) is 0 Å². The van der Waals surface area contributed by atoms with Crippen LogP contribution in [0.15, 0.2) is 0 Å². The zero-order valence-corrected chi connectivity index (χ0v) is 11.3. The molecule has 100 valence electrons. The van der Waals surface area contributed by atoms with Gasteiger partial charge in [-0.05, 0) is 6.92 Å². The third-order valence-electron chi connectivity index (χ3n) is 2.28. The highest BCUT2D eigenvalue weighted by atomic mass is 35.5. The van der Waals surface area contributed by atoms with Crippen LogP contribution >= 0.6 is 11.6 Å². The number of alkyl halides is 1. The maximum absolute atomic E-state index is 11.8. The fourth-order valence-electron chi connectivity index (χ4n) is 1.51. The Bertz CT molecular complexity index is 375. The Morgan fingerprint density at radius 3 is 1.94 bits per heavy atom. The summed E-state index contributed by atoms with van der Waals surface area (Å²) >= 11 is 5.39. The third-order valence-corrected chi connectivity index (χ3v) is 2.42. The van der Waals surface area contributed by atoms with E-state index in [9.17, 15) is 14.4 Å². The molecule has 0 spiro atoms. The molecule has 5 nitrogen and oxygen atoms in total. The second-order valence-corrected chi connectivity index (χ2v) is 3.88. The molecule has 0 amide bonds. The van der Waals surface area contributed by atoms with Crippen LogP contribution in [0.3, 0.4) is 0 Å². The lowest BCUT2D eigenvalue weighted by molar-refractivity contribution is -0.170. The SMILES string of the molecule is COC(=O)C(CC#CCCl)(CC(C)=O)C(=O)OC. The van der Waals surface area contributed by atoms with Crippen LogP contribution in [-0.4, -0.2) is 37.8 Å². The molecule has 0 bridgehead atoms. The van der Waals surface area contributed by atoms with Gasteiger partial charge < -0.3 is 9.47 Å². The first-order chi connectivity index (χ1) is 8.44. The molecule has 0 unspecified atom stereocenters. The largest absolute Gasteiger partial charge is 0.468 e. The van der Waals surface area contributed by atoms with Crippen LogP contribution < -0.4 is 0 Å². The first-order valence-corrected chi connectivity index (χ1v) is 5.66. The number of esters is 2. The van der Waals surface area contributed by atoms with Gasteiger partial charge >= 0.3 is 11.9 Å². The summed E-state index contributed by atoms with van der Waals surface area (Å²) in [6.07, 6.45) is -0.484. The molecular formula is C12H15ClO5. The second-order valence-electron chi connectivity index (χ2n) is 3.61. The highest BCUT2D eigenvalue weighted by molar-refractivity contribution is 6.19. The quantitative estimate of drug-likeness (QED) is 0.323. The lowest BCUT2D eigenvalue weighted by Crippen LogP contribution is -2.42. The summed E-state index contributed by atoms with van der Waals surface area (Å²) in [6, 6.07) is 0. The number of carbonyl (C=O) groups excluding carboxylic acids is 3. The van der Waals surface area contributed by atoms with E-state index >= 15 is 0 Å². The van der Waals surface area contributed by atoms with Crippen molar-refractivity contribution in [3.63, 3.8) is 0 Å². The molecule has 0 heterocycles.